The second kappa shape index (κ2) is 5.82. The molecule has 1 aliphatic rings. The molecule has 1 aliphatic carbocycles. The third kappa shape index (κ3) is 3.91. The summed E-state index contributed by atoms with van der Waals surface area (Å²) >= 11 is 0. The zero-order chi connectivity index (χ0) is 12.2. The van der Waals surface area contributed by atoms with Crippen LogP contribution in [0.25, 0.3) is 0 Å². The van der Waals surface area contributed by atoms with E-state index >= 15 is 0 Å². The lowest BCUT2D eigenvalue weighted by atomic mass is 9.94. The molecule has 0 aromatic carbocycles. The Balaban J connectivity index is 2.74. The van der Waals surface area contributed by atoms with Gasteiger partial charge in [0.1, 0.15) is 0 Å². The van der Waals surface area contributed by atoms with Crippen molar-refractivity contribution >= 4 is 9.84 Å². The minimum Gasteiger partial charge on any atom is -0.323 e. The van der Waals surface area contributed by atoms with E-state index in [0.29, 0.717) is 0 Å². The Labute approximate surface area is 99.0 Å². The van der Waals surface area contributed by atoms with Crippen LogP contribution in [0.15, 0.2) is 11.6 Å². The highest BCUT2D eigenvalue weighted by molar-refractivity contribution is 7.91. The molecule has 0 fully saturated rings. The van der Waals surface area contributed by atoms with Crippen molar-refractivity contribution in [2.45, 2.75) is 56.7 Å². The molecule has 0 aliphatic heterocycles. The lowest BCUT2D eigenvalue weighted by Gasteiger charge is -2.23. The Morgan fingerprint density at radius 2 is 1.88 bits per heavy atom. The number of allylic oxidation sites excluding steroid dienone is 1. The molecule has 2 N–H and O–H groups in total. The summed E-state index contributed by atoms with van der Waals surface area (Å²) in [5.74, 6) is 0. The van der Waals surface area contributed by atoms with Gasteiger partial charge in [-0.25, -0.2) is 8.42 Å². The summed E-state index contributed by atoms with van der Waals surface area (Å²) in [6.07, 6.45) is 10.3. The first-order valence-electron chi connectivity index (χ1n) is 6.06. The molecule has 0 saturated carbocycles. The van der Waals surface area contributed by atoms with E-state index in [0.717, 1.165) is 24.8 Å². The molecule has 0 saturated heterocycles. The fraction of sp³-hybridized carbons (Fsp3) is 0.833. The third-order valence-electron chi connectivity index (χ3n) is 3.44. The Morgan fingerprint density at radius 1 is 1.25 bits per heavy atom. The normalized spacial score (nSPS) is 22.8. The summed E-state index contributed by atoms with van der Waals surface area (Å²) in [6, 6.07) is -0.326. The highest BCUT2D eigenvalue weighted by atomic mass is 32.2. The molecule has 0 spiro atoms. The van der Waals surface area contributed by atoms with Crippen LogP contribution in [0.3, 0.4) is 0 Å². The summed E-state index contributed by atoms with van der Waals surface area (Å²) in [4.78, 5) is 0. The summed E-state index contributed by atoms with van der Waals surface area (Å²) in [6.45, 7) is 1.71. The Kier molecular flexibility index (Phi) is 4.99. The zero-order valence-electron chi connectivity index (χ0n) is 10.3. The summed E-state index contributed by atoms with van der Waals surface area (Å²) < 4.78 is 22.9. The van der Waals surface area contributed by atoms with Crippen molar-refractivity contribution in [3.8, 4) is 0 Å². The molecule has 0 heterocycles. The average Bonchev–Trinajstić information content (AvgIpc) is 2.13. The second-order valence-corrected chi connectivity index (χ2v) is 7.19. The minimum atomic E-state index is -3.04. The number of rotatable bonds is 3. The van der Waals surface area contributed by atoms with Crippen LogP contribution in [-0.4, -0.2) is 26.0 Å². The molecule has 0 radical (unpaired) electrons. The van der Waals surface area contributed by atoms with E-state index in [4.69, 9.17) is 5.73 Å². The largest absolute Gasteiger partial charge is 0.323 e. The molecule has 0 aromatic heterocycles. The van der Waals surface area contributed by atoms with Gasteiger partial charge in [-0.15, -0.1) is 0 Å². The van der Waals surface area contributed by atoms with E-state index < -0.39 is 15.1 Å². The predicted octanol–water partition coefficient (Wildman–Crippen LogP) is 2.03. The van der Waals surface area contributed by atoms with Gasteiger partial charge in [-0.1, -0.05) is 24.5 Å². The lowest BCUT2D eigenvalue weighted by Crippen LogP contribution is -2.39. The van der Waals surface area contributed by atoms with Crippen molar-refractivity contribution in [1.82, 2.24) is 0 Å². The van der Waals surface area contributed by atoms with E-state index in [9.17, 15) is 8.42 Å². The van der Waals surface area contributed by atoms with Gasteiger partial charge in [0.05, 0.1) is 5.25 Å². The zero-order valence-corrected chi connectivity index (χ0v) is 11.1. The van der Waals surface area contributed by atoms with Gasteiger partial charge in [0, 0.05) is 12.3 Å². The van der Waals surface area contributed by atoms with Crippen molar-refractivity contribution in [3.63, 3.8) is 0 Å². The Hall–Kier alpha value is -0.350. The molecule has 94 valence electrons. The standard InChI is InChI=1S/C12H23NO2S/c1-10(16(2,14)15)12(13)11-8-6-4-3-5-7-9-11/h8,10,12H,3-7,9,13H2,1-2H3. The van der Waals surface area contributed by atoms with Crippen LogP contribution in [0.5, 0.6) is 0 Å². The van der Waals surface area contributed by atoms with E-state index in [-0.39, 0.29) is 6.04 Å². The van der Waals surface area contributed by atoms with Gasteiger partial charge in [0.2, 0.25) is 0 Å². The monoisotopic (exact) mass is 245 g/mol. The van der Waals surface area contributed by atoms with Crippen molar-refractivity contribution in [3.05, 3.63) is 11.6 Å². The molecule has 0 bridgehead atoms. The van der Waals surface area contributed by atoms with Gasteiger partial charge < -0.3 is 5.73 Å². The van der Waals surface area contributed by atoms with Crippen molar-refractivity contribution in [2.24, 2.45) is 5.73 Å². The minimum absolute atomic E-state index is 0.326. The molecular weight excluding hydrogens is 222 g/mol. The van der Waals surface area contributed by atoms with E-state index in [2.05, 4.69) is 6.08 Å². The maximum atomic E-state index is 11.5. The number of hydrogen-bond donors (Lipinski definition) is 1. The van der Waals surface area contributed by atoms with Crippen LogP contribution >= 0.6 is 0 Å². The summed E-state index contributed by atoms with van der Waals surface area (Å²) in [5.41, 5.74) is 7.19. The maximum Gasteiger partial charge on any atom is 0.151 e. The van der Waals surface area contributed by atoms with E-state index in [1.165, 1.54) is 25.5 Å². The number of sulfone groups is 1. The topological polar surface area (TPSA) is 60.2 Å². The van der Waals surface area contributed by atoms with Gasteiger partial charge in [0.25, 0.3) is 0 Å². The van der Waals surface area contributed by atoms with Gasteiger partial charge in [-0.05, 0) is 32.6 Å². The molecule has 4 heteroatoms. The van der Waals surface area contributed by atoms with Crippen LogP contribution in [0, 0.1) is 0 Å². The molecule has 3 nitrogen and oxygen atoms in total. The Bertz CT molecular complexity index is 346. The highest BCUT2D eigenvalue weighted by Crippen LogP contribution is 2.21. The fourth-order valence-corrected chi connectivity index (χ4v) is 2.79. The molecule has 0 amide bonds. The predicted molar refractivity (Wildman–Crippen MR) is 68.1 cm³/mol. The first-order chi connectivity index (χ1) is 7.43. The average molecular weight is 245 g/mol. The first kappa shape index (κ1) is 13.7. The van der Waals surface area contributed by atoms with Gasteiger partial charge in [-0.2, -0.15) is 0 Å². The molecule has 2 atom stereocenters. The Morgan fingerprint density at radius 3 is 2.50 bits per heavy atom. The first-order valence-corrected chi connectivity index (χ1v) is 8.02. The SMILES string of the molecule is CC(C(N)C1=CCCCCCC1)S(C)(=O)=O. The number of nitrogens with two attached hydrogens (primary N) is 1. The highest BCUT2D eigenvalue weighted by Gasteiger charge is 2.25. The van der Waals surface area contributed by atoms with Crippen molar-refractivity contribution < 1.29 is 8.42 Å². The van der Waals surface area contributed by atoms with Gasteiger partial charge >= 0.3 is 0 Å². The van der Waals surface area contributed by atoms with Crippen molar-refractivity contribution in [2.75, 3.05) is 6.26 Å². The molecular formula is C12H23NO2S. The number of hydrogen-bond acceptors (Lipinski definition) is 3. The molecule has 1 rings (SSSR count). The van der Waals surface area contributed by atoms with Crippen LogP contribution in [0.1, 0.15) is 45.4 Å². The van der Waals surface area contributed by atoms with E-state index in [1.54, 1.807) is 6.92 Å². The smallest absolute Gasteiger partial charge is 0.151 e. The van der Waals surface area contributed by atoms with Crippen molar-refractivity contribution in [1.29, 1.82) is 0 Å². The quantitative estimate of drug-likeness (QED) is 0.774. The maximum absolute atomic E-state index is 11.5. The van der Waals surface area contributed by atoms with Crippen LogP contribution in [-0.2, 0) is 9.84 Å². The van der Waals surface area contributed by atoms with Crippen LogP contribution in [0.4, 0.5) is 0 Å². The lowest BCUT2D eigenvalue weighted by molar-refractivity contribution is 0.561. The van der Waals surface area contributed by atoms with Crippen LogP contribution in [0.2, 0.25) is 0 Å². The summed E-state index contributed by atoms with van der Waals surface area (Å²) in [5, 5.41) is -0.474. The van der Waals surface area contributed by atoms with Gasteiger partial charge in [-0.3, -0.25) is 0 Å². The molecule has 0 aromatic rings. The summed E-state index contributed by atoms with van der Waals surface area (Å²) in [7, 11) is -3.04. The van der Waals surface area contributed by atoms with Gasteiger partial charge in [0.15, 0.2) is 9.84 Å². The third-order valence-corrected chi connectivity index (χ3v) is 5.08. The van der Waals surface area contributed by atoms with E-state index in [1.807, 2.05) is 0 Å². The molecule has 2 unspecified atom stereocenters. The fourth-order valence-electron chi connectivity index (χ4n) is 2.09. The molecule has 16 heavy (non-hydrogen) atoms. The van der Waals surface area contributed by atoms with Crippen LogP contribution < -0.4 is 5.73 Å². The second-order valence-electron chi connectivity index (χ2n) is 4.79.